The molecule has 1 aromatic carbocycles. The van der Waals surface area contributed by atoms with Gasteiger partial charge in [-0.15, -0.1) is 0 Å². The Balaban J connectivity index is 1.34. The van der Waals surface area contributed by atoms with Crippen LogP contribution in [0.2, 0.25) is 0 Å². The maximum Gasteiger partial charge on any atom is 0.244 e. The second kappa shape index (κ2) is 8.05. The van der Waals surface area contributed by atoms with Gasteiger partial charge in [0.15, 0.2) is 0 Å². The Morgan fingerprint density at radius 2 is 2.11 bits per heavy atom. The minimum atomic E-state index is -0.227. The molecule has 0 radical (unpaired) electrons. The Hall–Kier alpha value is -2.47. The van der Waals surface area contributed by atoms with Crippen molar-refractivity contribution in [1.29, 1.82) is 0 Å². The van der Waals surface area contributed by atoms with Gasteiger partial charge in [-0.05, 0) is 55.1 Å². The van der Waals surface area contributed by atoms with Crippen LogP contribution in [0, 0.1) is 5.82 Å². The zero-order valence-corrected chi connectivity index (χ0v) is 15.4. The number of hydrogen-bond donors (Lipinski definition) is 1. The first kappa shape index (κ1) is 17.9. The van der Waals surface area contributed by atoms with Crippen molar-refractivity contribution in [2.75, 3.05) is 26.2 Å². The van der Waals surface area contributed by atoms with Crippen LogP contribution in [0.4, 0.5) is 4.39 Å². The zero-order chi connectivity index (χ0) is 18.6. The normalized spacial score (nSPS) is 20.4. The molecule has 1 atom stereocenters. The van der Waals surface area contributed by atoms with Gasteiger partial charge in [-0.1, -0.05) is 18.2 Å². The molecule has 1 saturated heterocycles. The number of aromatic nitrogens is 2. The van der Waals surface area contributed by atoms with E-state index in [2.05, 4.69) is 16.5 Å². The second-order valence-corrected chi connectivity index (χ2v) is 7.31. The Bertz CT molecular complexity index is 821. The van der Waals surface area contributed by atoms with Gasteiger partial charge in [0.05, 0.1) is 5.69 Å². The molecule has 6 heteroatoms. The number of hydrogen-bond acceptors (Lipinski definition) is 3. The average Bonchev–Trinajstić information content (AvgIpc) is 3.18. The number of carbonyl (C=O) groups is 1. The summed E-state index contributed by atoms with van der Waals surface area (Å²) in [6.07, 6.45) is 7.09. The quantitative estimate of drug-likeness (QED) is 0.903. The van der Waals surface area contributed by atoms with Crippen LogP contribution in [-0.2, 0) is 11.3 Å². The molecule has 142 valence electrons. The number of amides is 1. The van der Waals surface area contributed by atoms with Gasteiger partial charge in [-0.2, -0.15) is 5.10 Å². The second-order valence-electron chi connectivity index (χ2n) is 7.31. The highest BCUT2D eigenvalue weighted by Crippen LogP contribution is 2.23. The van der Waals surface area contributed by atoms with E-state index in [1.165, 1.54) is 24.1 Å². The molecular formula is C21H25FN4O. The topological polar surface area (TPSA) is 50.2 Å². The van der Waals surface area contributed by atoms with Crippen LogP contribution in [0.5, 0.6) is 0 Å². The van der Waals surface area contributed by atoms with Crippen LogP contribution in [-0.4, -0.2) is 46.8 Å². The predicted molar refractivity (Wildman–Crippen MR) is 103 cm³/mol. The smallest absolute Gasteiger partial charge is 0.244 e. The predicted octanol–water partition coefficient (Wildman–Crippen LogP) is 2.81. The van der Waals surface area contributed by atoms with Crippen LogP contribution >= 0.6 is 0 Å². The molecule has 27 heavy (non-hydrogen) atoms. The Morgan fingerprint density at radius 3 is 2.81 bits per heavy atom. The van der Waals surface area contributed by atoms with E-state index in [0.717, 1.165) is 37.2 Å². The van der Waals surface area contributed by atoms with E-state index in [-0.39, 0.29) is 18.3 Å². The lowest BCUT2D eigenvalue weighted by Gasteiger charge is -2.26. The third-order valence-corrected chi connectivity index (χ3v) is 5.45. The molecule has 2 aromatic rings. The fourth-order valence-corrected chi connectivity index (χ4v) is 3.85. The van der Waals surface area contributed by atoms with E-state index in [1.807, 2.05) is 17.2 Å². The van der Waals surface area contributed by atoms with E-state index in [1.54, 1.807) is 16.8 Å². The van der Waals surface area contributed by atoms with Crippen molar-refractivity contribution in [3.8, 4) is 0 Å². The highest BCUT2D eigenvalue weighted by atomic mass is 19.1. The van der Waals surface area contributed by atoms with Crippen molar-refractivity contribution in [1.82, 2.24) is 20.0 Å². The number of benzene rings is 1. The van der Waals surface area contributed by atoms with Crippen molar-refractivity contribution in [2.45, 2.75) is 31.7 Å². The summed E-state index contributed by atoms with van der Waals surface area (Å²) in [4.78, 5) is 14.5. The van der Waals surface area contributed by atoms with Crippen molar-refractivity contribution in [2.24, 2.45) is 0 Å². The van der Waals surface area contributed by atoms with Gasteiger partial charge in [0.25, 0.3) is 0 Å². The summed E-state index contributed by atoms with van der Waals surface area (Å²) in [5, 5.41) is 8.02. The summed E-state index contributed by atoms with van der Waals surface area (Å²) in [5.41, 5.74) is 3.28. The molecule has 5 nitrogen and oxygen atoms in total. The largest absolute Gasteiger partial charge is 0.337 e. The summed E-state index contributed by atoms with van der Waals surface area (Å²) >= 11 is 0. The minimum Gasteiger partial charge on any atom is -0.337 e. The van der Waals surface area contributed by atoms with Crippen LogP contribution in [0.3, 0.4) is 0 Å². The van der Waals surface area contributed by atoms with E-state index >= 15 is 0 Å². The van der Waals surface area contributed by atoms with E-state index in [4.69, 9.17) is 0 Å². The summed E-state index contributed by atoms with van der Waals surface area (Å²) in [7, 11) is 0. The fourth-order valence-electron chi connectivity index (χ4n) is 3.85. The van der Waals surface area contributed by atoms with Crippen molar-refractivity contribution >= 4 is 11.5 Å². The number of rotatable bonds is 4. The number of piperidine rings is 1. The van der Waals surface area contributed by atoms with Gasteiger partial charge in [0.2, 0.25) is 5.91 Å². The fraction of sp³-hybridized carbons (Fsp3) is 0.429. The molecule has 2 aliphatic heterocycles. The van der Waals surface area contributed by atoms with E-state index < -0.39 is 0 Å². The molecule has 1 aromatic heterocycles. The summed E-state index contributed by atoms with van der Waals surface area (Å²) in [5.74, 6) is 0.307. The van der Waals surface area contributed by atoms with Gasteiger partial charge in [-0.25, -0.2) is 4.39 Å². The SMILES string of the molecule is O=C(Cn1ccc(C2CCCNC2)n1)N1CC=C(c2ccc(F)cc2)CC1. The lowest BCUT2D eigenvalue weighted by molar-refractivity contribution is -0.131. The summed E-state index contributed by atoms with van der Waals surface area (Å²) in [6, 6.07) is 8.58. The maximum absolute atomic E-state index is 13.1. The van der Waals surface area contributed by atoms with Gasteiger partial charge in [0, 0.05) is 31.7 Å². The highest BCUT2D eigenvalue weighted by molar-refractivity contribution is 5.78. The molecule has 0 saturated carbocycles. The monoisotopic (exact) mass is 368 g/mol. The first-order valence-electron chi connectivity index (χ1n) is 9.66. The standard InChI is InChI=1S/C21H25FN4O/c22-19-5-3-16(4-6-19)17-7-11-25(12-8-17)21(27)15-26-13-9-20(24-26)18-2-1-10-23-14-18/h3-7,9,13,18,23H,1-2,8,10-12,14-15H2. The van der Waals surface area contributed by atoms with Crippen molar-refractivity contribution in [3.05, 3.63) is 59.7 Å². The molecule has 0 bridgehead atoms. The molecule has 1 amide bonds. The van der Waals surface area contributed by atoms with Gasteiger partial charge < -0.3 is 10.2 Å². The molecule has 4 rings (SSSR count). The Labute approximate surface area is 158 Å². The molecule has 1 unspecified atom stereocenters. The summed E-state index contributed by atoms with van der Waals surface area (Å²) < 4.78 is 14.8. The van der Waals surface area contributed by atoms with Gasteiger partial charge in [0.1, 0.15) is 12.4 Å². The van der Waals surface area contributed by atoms with E-state index in [9.17, 15) is 9.18 Å². The van der Waals surface area contributed by atoms with Crippen molar-refractivity contribution < 1.29 is 9.18 Å². The Kier molecular flexibility index (Phi) is 5.34. The van der Waals surface area contributed by atoms with Crippen LogP contribution in [0.1, 0.15) is 36.4 Å². The maximum atomic E-state index is 13.1. The average molecular weight is 368 g/mol. The molecule has 0 aliphatic carbocycles. The van der Waals surface area contributed by atoms with Crippen LogP contribution in [0.15, 0.2) is 42.6 Å². The number of halogens is 1. The third-order valence-electron chi connectivity index (χ3n) is 5.45. The van der Waals surface area contributed by atoms with Gasteiger partial charge >= 0.3 is 0 Å². The highest BCUT2D eigenvalue weighted by Gasteiger charge is 2.20. The molecular weight excluding hydrogens is 343 g/mol. The van der Waals surface area contributed by atoms with Crippen LogP contribution in [0.25, 0.3) is 5.57 Å². The third kappa shape index (κ3) is 4.27. The molecule has 1 N–H and O–H groups in total. The van der Waals surface area contributed by atoms with Gasteiger partial charge in [-0.3, -0.25) is 9.48 Å². The number of nitrogens with zero attached hydrogens (tertiary/aromatic N) is 3. The Morgan fingerprint density at radius 1 is 1.26 bits per heavy atom. The first-order valence-corrected chi connectivity index (χ1v) is 9.66. The lowest BCUT2D eigenvalue weighted by atomic mass is 9.97. The molecule has 1 fully saturated rings. The van der Waals surface area contributed by atoms with Crippen LogP contribution < -0.4 is 5.32 Å². The molecule has 3 heterocycles. The number of nitrogens with one attached hydrogen (secondary N) is 1. The van der Waals surface area contributed by atoms with Crippen molar-refractivity contribution in [3.63, 3.8) is 0 Å². The lowest BCUT2D eigenvalue weighted by Crippen LogP contribution is -2.37. The van der Waals surface area contributed by atoms with E-state index in [0.29, 0.717) is 19.0 Å². The molecule has 0 spiro atoms. The summed E-state index contributed by atoms with van der Waals surface area (Å²) in [6.45, 7) is 3.60. The zero-order valence-electron chi connectivity index (χ0n) is 15.4. The first-order chi connectivity index (χ1) is 13.2. The molecule has 2 aliphatic rings. The minimum absolute atomic E-state index is 0.0841. The number of carbonyl (C=O) groups excluding carboxylic acids is 1.